The van der Waals surface area contributed by atoms with Crippen molar-refractivity contribution in [3.05, 3.63) is 42.4 Å². The third-order valence-electron chi connectivity index (χ3n) is 4.03. The van der Waals surface area contributed by atoms with E-state index < -0.39 is 10.0 Å². The molecule has 2 aromatic heterocycles. The Morgan fingerprint density at radius 3 is 2.76 bits per heavy atom. The first-order chi connectivity index (χ1) is 11.8. The Bertz CT molecular complexity index is 998. The lowest BCUT2D eigenvalue weighted by Gasteiger charge is -2.14. The topological polar surface area (TPSA) is 88.2 Å². The molecule has 0 unspecified atom stereocenters. The number of fused-ring (bicyclic) bond motifs is 1. The van der Waals surface area contributed by atoms with Crippen LogP contribution in [0, 0.1) is 6.92 Å². The van der Waals surface area contributed by atoms with Crippen molar-refractivity contribution in [2.75, 3.05) is 26.5 Å². The minimum atomic E-state index is -3.20. The Morgan fingerprint density at radius 1 is 1.20 bits per heavy atom. The molecule has 1 aromatic carbocycles. The largest absolute Gasteiger partial charge is 0.491 e. The van der Waals surface area contributed by atoms with Crippen LogP contribution in [-0.2, 0) is 10.0 Å². The van der Waals surface area contributed by atoms with Crippen LogP contribution in [0.5, 0.6) is 5.75 Å². The number of nitrogens with zero attached hydrogens (tertiary/aromatic N) is 3. The molecular formula is C17H20N4O3S. The summed E-state index contributed by atoms with van der Waals surface area (Å²) in [5.41, 5.74) is 3.88. The molecule has 0 saturated carbocycles. The molecule has 0 atom stereocenters. The van der Waals surface area contributed by atoms with Gasteiger partial charge in [0.05, 0.1) is 18.0 Å². The SMILES string of the molecule is Cc1[nH]nc2ccc(-c3cncc(OCCN(C)S(C)(=O)=O)c3)cc12. The van der Waals surface area contributed by atoms with Gasteiger partial charge in [-0.1, -0.05) is 6.07 Å². The van der Waals surface area contributed by atoms with E-state index in [4.69, 9.17) is 4.74 Å². The summed E-state index contributed by atoms with van der Waals surface area (Å²) < 4.78 is 29.6. The molecule has 1 N–H and O–H groups in total. The fraction of sp³-hybridized carbons (Fsp3) is 0.294. The third kappa shape index (κ3) is 3.97. The van der Waals surface area contributed by atoms with E-state index in [0.29, 0.717) is 5.75 Å². The third-order valence-corrected chi connectivity index (χ3v) is 5.35. The maximum Gasteiger partial charge on any atom is 0.211 e. The fourth-order valence-electron chi connectivity index (χ4n) is 2.43. The van der Waals surface area contributed by atoms with Crippen molar-refractivity contribution in [2.24, 2.45) is 0 Å². The zero-order chi connectivity index (χ0) is 18.0. The number of aromatic nitrogens is 3. The van der Waals surface area contributed by atoms with Gasteiger partial charge in [0.15, 0.2) is 0 Å². The number of hydrogen-bond donors (Lipinski definition) is 1. The van der Waals surface area contributed by atoms with Gasteiger partial charge in [-0.15, -0.1) is 0 Å². The van der Waals surface area contributed by atoms with Crippen molar-refractivity contribution in [2.45, 2.75) is 6.92 Å². The smallest absolute Gasteiger partial charge is 0.211 e. The van der Waals surface area contributed by atoms with E-state index in [1.54, 1.807) is 12.4 Å². The highest BCUT2D eigenvalue weighted by Gasteiger charge is 2.11. The first kappa shape index (κ1) is 17.4. The number of benzene rings is 1. The molecule has 2 heterocycles. The van der Waals surface area contributed by atoms with Crippen LogP contribution in [-0.4, -0.2) is 54.4 Å². The Hall–Kier alpha value is -2.45. The molecule has 0 bridgehead atoms. The van der Waals surface area contributed by atoms with Crippen LogP contribution in [0.4, 0.5) is 0 Å². The number of rotatable bonds is 6. The zero-order valence-corrected chi connectivity index (χ0v) is 15.2. The number of hydrogen-bond acceptors (Lipinski definition) is 5. The van der Waals surface area contributed by atoms with Gasteiger partial charge in [-0.2, -0.15) is 5.10 Å². The van der Waals surface area contributed by atoms with Crippen LogP contribution in [0.1, 0.15) is 5.69 Å². The minimum absolute atomic E-state index is 0.259. The van der Waals surface area contributed by atoms with E-state index in [9.17, 15) is 8.42 Å². The number of aryl methyl sites for hydroxylation is 1. The number of sulfonamides is 1. The van der Waals surface area contributed by atoms with Crippen molar-refractivity contribution in [3.63, 3.8) is 0 Å². The summed E-state index contributed by atoms with van der Waals surface area (Å²) in [4.78, 5) is 4.22. The molecule has 0 radical (unpaired) electrons. The summed E-state index contributed by atoms with van der Waals surface area (Å²) in [6.07, 6.45) is 4.56. The maximum absolute atomic E-state index is 11.4. The predicted molar refractivity (Wildman–Crippen MR) is 97.0 cm³/mol. The van der Waals surface area contributed by atoms with Crippen molar-refractivity contribution in [3.8, 4) is 16.9 Å². The van der Waals surface area contributed by atoms with Crippen LogP contribution < -0.4 is 4.74 Å². The van der Waals surface area contributed by atoms with E-state index in [2.05, 4.69) is 21.2 Å². The Kier molecular flexibility index (Phi) is 4.73. The molecule has 0 fully saturated rings. The van der Waals surface area contributed by atoms with Gasteiger partial charge in [0.1, 0.15) is 12.4 Å². The highest BCUT2D eigenvalue weighted by molar-refractivity contribution is 7.88. The molecule has 0 aliphatic rings. The lowest BCUT2D eigenvalue weighted by Crippen LogP contribution is -2.29. The second-order valence-electron chi connectivity index (χ2n) is 5.92. The highest BCUT2D eigenvalue weighted by Crippen LogP contribution is 2.26. The molecule has 8 heteroatoms. The van der Waals surface area contributed by atoms with Gasteiger partial charge in [0.2, 0.25) is 10.0 Å². The minimum Gasteiger partial charge on any atom is -0.491 e. The number of H-pyrrole nitrogens is 1. The first-order valence-corrected chi connectivity index (χ1v) is 9.64. The van der Waals surface area contributed by atoms with E-state index >= 15 is 0 Å². The molecule has 25 heavy (non-hydrogen) atoms. The van der Waals surface area contributed by atoms with Crippen LogP contribution >= 0.6 is 0 Å². The highest BCUT2D eigenvalue weighted by atomic mass is 32.2. The molecule has 132 valence electrons. The summed E-state index contributed by atoms with van der Waals surface area (Å²) in [6.45, 7) is 2.52. The molecule has 0 saturated heterocycles. The summed E-state index contributed by atoms with van der Waals surface area (Å²) in [7, 11) is -1.68. The molecular weight excluding hydrogens is 340 g/mol. The Labute approximate surface area is 146 Å². The number of aromatic amines is 1. The quantitative estimate of drug-likeness (QED) is 0.728. The summed E-state index contributed by atoms with van der Waals surface area (Å²) in [5.74, 6) is 0.600. The van der Waals surface area contributed by atoms with Gasteiger partial charge in [0, 0.05) is 36.4 Å². The Balaban J connectivity index is 1.75. The maximum atomic E-state index is 11.4. The van der Waals surface area contributed by atoms with Gasteiger partial charge in [-0.05, 0) is 30.7 Å². The van der Waals surface area contributed by atoms with Crippen LogP contribution in [0.2, 0.25) is 0 Å². The second kappa shape index (κ2) is 6.81. The van der Waals surface area contributed by atoms with Gasteiger partial charge in [0.25, 0.3) is 0 Å². The summed E-state index contributed by atoms with van der Waals surface area (Å²) in [6, 6.07) is 7.90. The van der Waals surface area contributed by atoms with Gasteiger partial charge in [-0.3, -0.25) is 10.1 Å². The Morgan fingerprint density at radius 2 is 2.00 bits per heavy atom. The molecule has 3 aromatic rings. The van der Waals surface area contributed by atoms with Gasteiger partial charge in [-0.25, -0.2) is 12.7 Å². The van der Waals surface area contributed by atoms with E-state index in [0.717, 1.165) is 27.7 Å². The zero-order valence-electron chi connectivity index (χ0n) is 14.4. The summed E-state index contributed by atoms with van der Waals surface area (Å²) >= 11 is 0. The van der Waals surface area contributed by atoms with E-state index in [1.165, 1.54) is 17.6 Å². The van der Waals surface area contributed by atoms with E-state index in [1.807, 2.05) is 25.1 Å². The molecule has 0 aliphatic carbocycles. The monoisotopic (exact) mass is 360 g/mol. The molecule has 0 amide bonds. The number of likely N-dealkylation sites (N-methyl/N-ethyl adjacent to an activating group) is 1. The summed E-state index contributed by atoms with van der Waals surface area (Å²) in [5, 5.41) is 8.27. The molecule has 0 spiro atoms. The number of ether oxygens (including phenoxy) is 1. The normalized spacial score (nSPS) is 12.0. The van der Waals surface area contributed by atoms with Crippen LogP contribution in [0.15, 0.2) is 36.7 Å². The predicted octanol–water partition coefficient (Wildman–Crippen LogP) is 2.20. The fourth-order valence-corrected chi connectivity index (χ4v) is 2.84. The molecule has 3 rings (SSSR count). The van der Waals surface area contributed by atoms with Crippen molar-refractivity contribution in [1.29, 1.82) is 0 Å². The van der Waals surface area contributed by atoms with Crippen LogP contribution in [0.3, 0.4) is 0 Å². The number of nitrogens with one attached hydrogen (secondary N) is 1. The lowest BCUT2D eigenvalue weighted by molar-refractivity contribution is 0.286. The second-order valence-corrected chi connectivity index (χ2v) is 8.01. The average Bonchev–Trinajstić information content (AvgIpc) is 2.95. The first-order valence-electron chi connectivity index (χ1n) is 7.79. The number of pyridine rings is 1. The van der Waals surface area contributed by atoms with Gasteiger partial charge >= 0.3 is 0 Å². The van der Waals surface area contributed by atoms with E-state index in [-0.39, 0.29) is 13.2 Å². The standard InChI is InChI=1S/C17H20N4O3S/c1-12-16-9-13(4-5-17(16)20-19-12)14-8-15(11-18-10-14)24-7-6-21(2)25(3,22)23/h4-5,8-11H,6-7H2,1-3H3,(H,19,20). The van der Waals surface area contributed by atoms with Crippen molar-refractivity contribution >= 4 is 20.9 Å². The molecule has 0 aliphatic heterocycles. The average molecular weight is 360 g/mol. The van der Waals surface area contributed by atoms with Crippen LogP contribution in [0.25, 0.3) is 22.0 Å². The van der Waals surface area contributed by atoms with Gasteiger partial charge < -0.3 is 4.74 Å². The van der Waals surface area contributed by atoms with Crippen molar-refractivity contribution < 1.29 is 13.2 Å². The lowest BCUT2D eigenvalue weighted by atomic mass is 10.0. The molecule has 7 nitrogen and oxygen atoms in total. The van der Waals surface area contributed by atoms with Crippen molar-refractivity contribution in [1.82, 2.24) is 19.5 Å².